The first-order chi connectivity index (χ1) is 10.5. The Morgan fingerprint density at radius 3 is 2.91 bits per heavy atom. The average molecular weight is 302 g/mol. The van der Waals surface area contributed by atoms with Crippen LogP contribution in [-0.2, 0) is 9.53 Å². The maximum atomic E-state index is 12.0. The van der Waals surface area contributed by atoms with Crippen LogP contribution >= 0.6 is 0 Å². The van der Waals surface area contributed by atoms with Crippen molar-refractivity contribution in [3.63, 3.8) is 0 Å². The van der Waals surface area contributed by atoms with Crippen molar-refractivity contribution < 1.29 is 13.9 Å². The minimum Gasteiger partial charge on any atom is -0.469 e. The first-order valence-corrected chi connectivity index (χ1v) is 7.71. The van der Waals surface area contributed by atoms with Gasteiger partial charge in [0.25, 0.3) is 6.01 Å². The molecule has 0 amide bonds. The van der Waals surface area contributed by atoms with Gasteiger partial charge in [0.15, 0.2) is 5.58 Å². The number of aromatic nitrogens is 1. The molecule has 0 radical (unpaired) electrons. The highest BCUT2D eigenvalue weighted by Crippen LogP contribution is 2.36. The van der Waals surface area contributed by atoms with E-state index in [0.717, 1.165) is 37.0 Å². The van der Waals surface area contributed by atoms with Gasteiger partial charge in [-0.3, -0.25) is 4.79 Å². The molecule has 2 heterocycles. The number of fused-ring (bicyclic) bond motifs is 1. The molecule has 2 aromatic rings. The van der Waals surface area contributed by atoms with Gasteiger partial charge in [-0.1, -0.05) is 12.1 Å². The maximum Gasteiger partial charge on any atom is 0.311 e. The van der Waals surface area contributed by atoms with Gasteiger partial charge in [0.2, 0.25) is 0 Å². The molecule has 0 saturated carbocycles. The van der Waals surface area contributed by atoms with E-state index in [4.69, 9.17) is 9.15 Å². The molecular weight excluding hydrogens is 280 g/mol. The standard InChI is InChI=1S/C17H22N2O3/c1-17(2,15(20)21-3)12-7-6-10-19(11-12)16-18-13-8-4-5-9-14(13)22-16/h4-5,8-9,12H,6-7,10-11H2,1-3H3. The number of hydrogen-bond acceptors (Lipinski definition) is 5. The predicted molar refractivity (Wildman–Crippen MR) is 84.7 cm³/mol. The van der Waals surface area contributed by atoms with Crippen molar-refractivity contribution in [2.45, 2.75) is 26.7 Å². The molecule has 0 bridgehead atoms. The Kier molecular flexibility index (Phi) is 3.81. The number of oxazole rings is 1. The van der Waals surface area contributed by atoms with Gasteiger partial charge < -0.3 is 14.1 Å². The number of hydrogen-bond donors (Lipinski definition) is 0. The fourth-order valence-electron chi connectivity index (χ4n) is 3.16. The second-order valence-electron chi connectivity index (χ2n) is 6.46. The Morgan fingerprint density at radius 2 is 2.18 bits per heavy atom. The van der Waals surface area contributed by atoms with Gasteiger partial charge in [-0.25, -0.2) is 0 Å². The number of piperidine rings is 1. The van der Waals surface area contributed by atoms with Crippen LogP contribution in [0.3, 0.4) is 0 Å². The molecular formula is C17H22N2O3. The molecule has 0 spiro atoms. The number of anilines is 1. The van der Waals surface area contributed by atoms with Gasteiger partial charge in [0.1, 0.15) is 5.52 Å². The zero-order valence-corrected chi connectivity index (χ0v) is 13.3. The SMILES string of the molecule is COC(=O)C(C)(C)C1CCCN(c2nc3ccccc3o2)C1. The zero-order valence-electron chi connectivity index (χ0n) is 13.3. The highest BCUT2D eigenvalue weighted by atomic mass is 16.5. The van der Waals surface area contributed by atoms with E-state index in [1.54, 1.807) is 0 Å². The fourth-order valence-corrected chi connectivity index (χ4v) is 3.16. The summed E-state index contributed by atoms with van der Waals surface area (Å²) in [6, 6.07) is 8.41. The second-order valence-corrected chi connectivity index (χ2v) is 6.46. The van der Waals surface area contributed by atoms with E-state index in [9.17, 15) is 4.79 Å². The quantitative estimate of drug-likeness (QED) is 0.815. The molecule has 1 unspecified atom stereocenters. The van der Waals surface area contributed by atoms with E-state index in [1.807, 2.05) is 38.1 Å². The minimum absolute atomic E-state index is 0.156. The lowest BCUT2D eigenvalue weighted by molar-refractivity contribution is -0.154. The van der Waals surface area contributed by atoms with Crippen LogP contribution in [0.5, 0.6) is 0 Å². The summed E-state index contributed by atoms with van der Waals surface area (Å²) in [5, 5.41) is 0. The van der Waals surface area contributed by atoms with Crippen LogP contribution in [0.1, 0.15) is 26.7 Å². The molecule has 0 aliphatic carbocycles. The Balaban J connectivity index is 1.82. The van der Waals surface area contributed by atoms with Gasteiger partial charge in [-0.15, -0.1) is 0 Å². The van der Waals surface area contributed by atoms with Gasteiger partial charge in [-0.2, -0.15) is 4.98 Å². The molecule has 1 aliphatic rings. The van der Waals surface area contributed by atoms with Gasteiger partial charge in [0.05, 0.1) is 12.5 Å². The smallest absolute Gasteiger partial charge is 0.311 e. The third-order valence-corrected chi connectivity index (χ3v) is 4.71. The van der Waals surface area contributed by atoms with Crippen molar-refractivity contribution in [1.29, 1.82) is 0 Å². The Labute approximate surface area is 130 Å². The summed E-state index contributed by atoms with van der Waals surface area (Å²) >= 11 is 0. The number of para-hydroxylation sites is 2. The Bertz CT molecular complexity index is 644. The zero-order chi connectivity index (χ0) is 15.7. The van der Waals surface area contributed by atoms with E-state index < -0.39 is 5.41 Å². The highest BCUT2D eigenvalue weighted by Gasteiger charge is 2.40. The summed E-state index contributed by atoms with van der Waals surface area (Å²) in [5.74, 6) is 0.0700. The summed E-state index contributed by atoms with van der Waals surface area (Å²) in [5.41, 5.74) is 1.16. The lowest BCUT2D eigenvalue weighted by Gasteiger charge is -2.39. The third kappa shape index (κ3) is 2.56. The van der Waals surface area contributed by atoms with Crippen molar-refractivity contribution in [3.05, 3.63) is 24.3 Å². The fraction of sp³-hybridized carbons (Fsp3) is 0.529. The molecule has 0 N–H and O–H groups in total. The van der Waals surface area contributed by atoms with E-state index in [1.165, 1.54) is 7.11 Å². The molecule has 1 aromatic heterocycles. The van der Waals surface area contributed by atoms with Crippen molar-refractivity contribution in [3.8, 4) is 0 Å². The topological polar surface area (TPSA) is 55.6 Å². The van der Waals surface area contributed by atoms with Crippen molar-refractivity contribution >= 4 is 23.1 Å². The second kappa shape index (κ2) is 5.63. The first kappa shape index (κ1) is 14.9. The number of benzene rings is 1. The van der Waals surface area contributed by atoms with Gasteiger partial charge in [-0.05, 0) is 44.7 Å². The van der Waals surface area contributed by atoms with E-state index >= 15 is 0 Å². The van der Waals surface area contributed by atoms with E-state index in [-0.39, 0.29) is 11.9 Å². The van der Waals surface area contributed by atoms with Crippen molar-refractivity contribution in [2.75, 3.05) is 25.1 Å². The van der Waals surface area contributed by atoms with Gasteiger partial charge in [0, 0.05) is 13.1 Å². The first-order valence-electron chi connectivity index (χ1n) is 7.71. The summed E-state index contributed by atoms with van der Waals surface area (Å²) in [4.78, 5) is 18.7. The lowest BCUT2D eigenvalue weighted by atomic mass is 9.74. The maximum absolute atomic E-state index is 12.0. The molecule has 1 aliphatic heterocycles. The van der Waals surface area contributed by atoms with E-state index in [2.05, 4.69) is 9.88 Å². The Morgan fingerprint density at radius 1 is 1.41 bits per heavy atom. The molecule has 1 fully saturated rings. The highest BCUT2D eigenvalue weighted by molar-refractivity contribution is 5.76. The van der Waals surface area contributed by atoms with Crippen LogP contribution < -0.4 is 4.90 Å². The number of rotatable bonds is 3. The molecule has 1 aromatic carbocycles. The summed E-state index contributed by atoms with van der Waals surface area (Å²) in [7, 11) is 1.45. The number of ether oxygens (including phenoxy) is 1. The van der Waals surface area contributed by atoms with Crippen molar-refractivity contribution in [2.24, 2.45) is 11.3 Å². The van der Waals surface area contributed by atoms with Crippen LogP contribution in [0.15, 0.2) is 28.7 Å². The van der Waals surface area contributed by atoms with Crippen LogP contribution in [0, 0.1) is 11.3 Å². The molecule has 3 rings (SSSR count). The Hall–Kier alpha value is -2.04. The van der Waals surface area contributed by atoms with Crippen LogP contribution in [0.25, 0.3) is 11.1 Å². The number of carbonyl (C=O) groups excluding carboxylic acids is 1. The van der Waals surface area contributed by atoms with Crippen LogP contribution in [-0.4, -0.2) is 31.2 Å². The number of carbonyl (C=O) groups is 1. The molecule has 22 heavy (non-hydrogen) atoms. The average Bonchev–Trinajstić information content (AvgIpc) is 2.98. The van der Waals surface area contributed by atoms with Gasteiger partial charge >= 0.3 is 5.97 Å². The monoisotopic (exact) mass is 302 g/mol. The normalized spacial score (nSPS) is 19.4. The lowest BCUT2D eigenvalue weighted by Crippen LogP contribution is -2.45. The summed E-state index contributed by atoms with van der Waals surface area (Å²) < 4.78 is 10.8. The largest absolute Gasteiger partial charge is 0.469 e. The van der Waals surface area contributed by atoms with Crippen molar-refractivity contribution in [1.82, 2.24) is 4.98 Å². The minimum atomic E-state index is -0.501. The predicted octanol–water partition coefficient (Wildman–Crippen LogP) is 3.24. The van der Waals surface area contributed by atoms with Crippen LogP contribution in [0.2, 0.25) is 0 Å². The summed E-state index contributed by atoms with van der Waals surface area (Å²) in [6.45, 7) is 5.58. The van der Waals surface area contributed by atoms with Crippen LogP contribution in [0.4, 0.5) is 6.01 Å². The number of esters is 1. The molecule has 5 heteroatoms. The molecule has 5 nitrogen and oxygen atoms in total. The third-order valence-electron chi connectivity index (χ3n) is 4.71. The number of nitrogens with zero attached hydrogens (tertiary/aromatic N) is 2. The summed E-state index contributed by atoms with van der Waals surface area (Å²) in [6.07, 6.45) is 2.03. The van der Waals surface area contributed by atoms with E-state index in [0.29, 0.717) is 6.01 Å². The number of methoxy groups -OCH3 is 1. The molecule has 1 saturated heterocycles. The molecule has 1 atom stereocenters. The molecule has 118 valence electrons.